The first-order valence-corrected chi connectivity index (χ1v) is 8.86. The number of hydrazone groups is 1. The Morgan fingerprint density at radius 2 is 2.04 bits per heavy atom. The third-order valence-electron chi connectivity index (χ3n) is 3.69. The predicted octanol–water partition coefficient (Wildman–Crippen LogP) is 4.03. The Morgan fingerprint density at radius 1 is 1.27 bits per heavy atom. The molecule has 0 spiro atoms. The van der Waals surface area contributed by atoms with Crippen LogP contribution in [0.2, 0.25) is 0 Å². The molecule has 2 aromatic carbocycles. The van der Waals surface area contributed by atoms with Crippen molar-refractivity contribution in [1.29, 1.82) is 0 Å². The van der Waals surface area contributed by atoms with Gasteiger partial charge in [0.25, 0.3) is 5.91 Å². The molecule has 3 rings (SSSR count). The van der Waals surface area contributed by atoms with Gasteiger partial charge in [-0.25, -0.2) is 5.43 Å². The van der Waals surface area contributed by atoms with Gasteiger partial charge in [-0.15, -0.1) is 0 Å². The number of carbonyl (C=O) groups is 1. The van der Waals surface area contributed by atoms with Gasteiger partial charge in [0, 0.05) is 5.56 Å². The number of methoxy groups -OCH3 is 1. The lowest BCUT2D eigenvalue weighted by Crippen LogP contribution is -2.18. The van der Waals surface area contributed by atoms with E-state index in [9.17, 15) is 4.79 Å². The minimum absolute atomic E-state index is 0.373. The van der Waals surface area contributed by atoms with Crippen LogP contribution in [0.4, 0.5) is 0 Å². The molecule has 1 aromatic heterocycles. The van der Waals surface area contributed by atoms with Crippen molar-refractivity contribution < 1.29 is 14.1 Å². The third-order valence-corrected chi connectivity index (χ3v) is 4.54. The van der Waals surface area contributed by atoms with Gasteiger partial charge in [0.05, 0.1) is 16.9 Å². The van der Waals surface area contributed by atoms with Crippen molar-refractivity contribution in [2.45, 2.75) is 6.92 Å². The summed E-state index contributed by atoms with van der Waals surface area (Å²) >= 11 is 2.18. The number of rotatable bonds is 5. The van der Waals surface area contributed by atoms with Crippen LogP contribution in [0, 0.1) is 10.5 Å². The predicted molar refractivity (Wildman–Crippen MR) is 107 cm³/mol. The minimum Gasteiger partial charge on any atom is -0.496 e. The highest BCUT2D eigenvalue weighted by atomic mass is 127. The highest BCUT2D eigenvalue weighted by Gasteiger charge is 2.21. The number of hydrogen-bond donors (Lipinski definition) is 1. The van der Waals surface area contributed by atoms with Crippen molar-refractivity contribution in [3.63, 3.8) is 0 Å². The number of aryl methyl sites for hydroxylation is 1. The number of carbonyl (C=O) groups excluding carboxylic acids is 1. The summed E-state index contributed by atoms with van der Waals surface area (Å²) in [6, 6.07) is 15.0. The zero-order chi connectivity index (χ0) is 18.5. The van der Waals surface area contributed by atoms with E-state index in [1.165, 1.54) is 0 Å². The lowest BCUT2D eigenvalue weighted by Gasteiger charge is -2.03. The van der Waals surface area contributed by atoms with Crippen molar-refractivity contribution >= 4 is 34.7 Å². The SMILES string of the molecule is COc1ccc(/C=N\NC(=O)c2c(-c3ccccc3)noc2C)cc1I. The Bertz CT molecular complexity index is 952. The number of hydrogen-bond acceptors (Lipinski definition) is 5. The van der Waals surface area contributed by atoms with Gasteiger partial charge in [0.2, 0.25) is 0 Å². The monoisotopic (exact) mass is 461 g/mol. The van der Waals surface area contributed by atoms with Crippen LogP contribution in [0.25, 0.3) is 11.3 Å². The molecular formula is C19H16IN3O3. The number of benzene rings is 2. The van der Waals surface area contributed by atoms with E-state index >= 15 is 0 Å². The zero-order valence-corrected chi connectivity index (χ0v) is 16.4. The molecule has 0 aliphatic heterocycles. The van der Waals surface area contributed by atoms with E-state index in [4.69, 9.17) is 9.26 Å². The molecule has 0 bridgehead atoms. The first-order valence-electron chi connectivity index (χ1n) is 7.78. The average Bonchev–Trinajstić information content (AvgIpc) is 3.04. The number of nitrogens with one attached hydrogen (secondary N) is 1. The molecule has 0 unspecified atom stereocenters. The Kier molecular flexibility index (Phi) is 5.67. The summed E-state index contributed by atoms with van der Waals surface area (Å²) in [6.45, 7) is 1.70. The molecule has 0 atom stereocenters. The van der Waals surface area contributed by atoms with Crippen LogP contribution in [0.3, 0.4) is 0 Å². The molecule has 7 heteroatoms. The van der Waals surface area contributed by atoms with Crippen LogP contribution in [0.15, 0.2) is 58.2 Å². The first-order chi connectivity index (χ1) is 12.6. The average molecular weight is 461 g/mol. The highest BCUT2D eigenvalue weighted by molar-refractivity contribution is 14.1. The van der Waals surface area contributed by atoms with Gasteiger partial charge in [0.15, 0.2) is 0 Å². The maximum atomic E-state index is 12.5. The quantitative estimate of drug-likeness (QED) is 0.354. The second-order valence-electron chi connectivity index (χ2n) is 5.42. The van der Waals surface area contributed by atoms with Gasteiger partial charge in [-0.05, 0) is 53.3 Å². The Morgan fingerprint density at radius 3 is 2.73 bits per heavy atom. The Labute approximate surface area is 164 Å². The molecule has 1 heterocycles. The van der Waals surface area contributed by atoms with Crippen molar-refractivity contribution in [3.05, 3.63) is 69.0 Å². The zero-order valence-electron chi connectivity index (χ0n) is 14.2. The van der Waals surface area contributed by atoms with Crippen molar-refractivity contribution in [3.8, 4) is 17.0 Å². The van der Waals surface area contributed by atoms with E-state index in [-0.39, 0.29) is 5.91 Å². The summed E-state index contributed by atoms with van der Waals surface area (Å²) in [6.07, 6.45) is 1.57. The number of nitrogens with zero attached hydrogens (tertiary/aromatic N) is 2. The minimum atomic E-state index is -0.373. The van der Waals surface area contributed by atoms with E-state index in [1.807, 2.05) is 48.5 Å². The van der Waals surface area contributed by atoms with Crippen LogP contribution in [0.1, 0.15) is 21.7 Å². The van der Waals surface area contributed by atoms with Gasteiger partial charge in [-0.1, -0.05) is 35.5 Å². The molecule has 26 heavy (non-hydrogen) atoms. The maximum absolute atomic E-state index is 12.5. The van der Waals surface area contributed by atoms with Crippen LogP contribution in [-0.2, 0) is 0 Å². The first kappa shape index (κ1) is 18.1. The summed E-state index contributed by atoms with van der Waals surface area (Å²) in [4.78, 5) is 12.5. The van der Waals surface area contributed by atoms with Crippen LogP contribution < -0.4 is 10.2 Å². The van der Waals surface area contributed by atoms with Crippen LogP contribution >= 0.6 is 22.6 Å². The fourth-order valence-electron chi connectivity index (χ4n) is 2.42. The molecule has 0 saturated heterocycles. The summed E-state index contributed by atoms with van der Waals surface area (Å²) in [5, 5.41) is 8.03. The second-order valence-corrected chi connectivity index (χ2v) is 6.58. The topological polar surface area (TPSA) is 76.7 Å². The molecule has 132 valence electrons. The number of ether oxygens (including phenoxy) is 1. The normalized spacial score (nSPS) is 10.9. The van der Waals surface area contributed by atoms with E-state index in [0.717, 1.165) is 20.4 Å². The largest absolute Gasteiger partial charge is 0.496 e. The van der Waals surface area contributed by atoms with E-state index in [1.54, 1.807) is 20.2 Å². The van der Waals surface area contributed by atoms with Crippen molar-refractivity contribution in [1.82, 2.24) is 10.6 Å². The van der Waals surface area contributed by atoms with E-state index < -0.39 is 0 Å². The van der Waals surface area contributed by atoms with E-state index in [2.05, 4.69) is 38.3 Å². The van der Waals surface area contributed by atoms with Gasteiger partial charge < -0.3 is 9.26 Å². The molecule has 0 radical (unpaired) electrons. The number of amides is 1. The van der Waals surface area contributed by atoms with Crippen molar-refractivity contribution in [2.75, 3.05) is 7.11 Å². The molecule has 1 amide bonds. The fraction of sp³-hybridized carbons (Fsp3) is 0.105. The standard InChI is InChI=1S/C19H16IN3O3/c1-12-17(18(23-26-12)14-6-4-3-5-7-14)19(24)22-21-11-13-8-9-16(25-2)15(20)10-13/h3-11H,1-2H3,(H,22,24)/b21-11-. The summed E-state index contributed by atoms with van der Waals surface area (Å²) in [7, 11) is 1.62. The summed E-state index contributed by atoms with van der Waals surface area (Å²) in [5.74, 6) is 0.858. The van der Waals surface area contributed by atoms with Crippen LogP contribution in [0.5, 0.6) is 5.75 Å². The maximum Gasteiger partial charge on any atom is 0.277 e. The third kappa shape index (κ3) is 3.93. The number of halogens is 1. The highest BCUT2D eigenvalue weighted by Crippen LogP contribution is 2.25. The van der Waals surface area contributed by atoms with E-state index in [0.29, 0.717) is 17.0 Å². The Hall–Kier alpha value is -2.68. The molecule has 0 fully saturated rings. The molecule has 6 nitrogen and oxygen atoms in total. The van der Waals surface area contributed by atoms with Gasteiger partial charge in [-0.2, -0.15) is 5.10 Å². The second kappa shape index (κ2) is 8.13. The van der Waals surface area contributed by atoms with Crippen molar-refractivity contribution in [2.24, 2.45) is 5.10 Å². The lowest BCUT2D eigenvalue weighted by atomic mass is 10.1. The smallest absolute Gasteiger partial charge is 0.277 e. The molecule has 0 saturated carbocycles. The van der Waals surface area contributed by atoms with Crippen LogP contribution in [-0.4, -0.2) is 24.4 Å². The molecule has 0 aliphatic rings. The molecular weight excluding hydrogens is 445 g/mol. The molecule has 1 N–H and O–H groups in total. The molecule has 3 aromatic rings. The Balaban J connectivity index is 1.77. The van der Waals surface area contributed by atoms with Gasteiger partial charge in [-0.3, -0.25) is 4.79 Å². The number of aromatic nitrogens is 1. The summed E-state index contributed by atoms with van der Waals surface area (Å²) in [5.41, 5.74) is 5.05. The molecule has 0 aliphatic carbocycles. The van der Waals surface area contributed by atoms with Gasteiger partial charge >= 0.3 is 0 Å². The lowest BCUT2D eigenvalue weighted by molar-refractivity contribution is 0.0954. The van der Waals surface area contributed by atoms with Gasteiger partial charge in [0.1, 0.15) is 22.8 Å². The fourth-order valence-corrected chi connectivity index (χ4v) is 3.18. The summed E-state index contributed by atoms with van der Waals surface area (Å²) < 4.78 is 11.4.